The average Bonchev–Trinajstić information content (AvgIpc) is 3.71. The number of para-hydroxylation sites is 1. The van der Waals surface area contributed by atoms with E-state index in [1.54, 1.807) is 35.8 Å². The smallest absolute Gasteiger partial charge is 0.386 e. The van der Waals surface area contributed by atoms with Crippen LogP contribution in [0.5, 0.6) is 0 Å². The number of nitrogens with one attached hydrogen (secondary N) is 2. The summed E-state index contributed by atoms with van der Waals surface area (Å²) in [6.45, 7) is 4.78. The summed E-state index contributed by atoms with van der Waals surface area (Å²) in [4.78, 5) is 64.9. The van der Waals surface area contributed by atoms with Crippen molar-refractivity contribution >= 4 is 40.1 Å². The van der Waals surface area contributed by atoms with Crippen LogP contribution in [-0.4, -0.2) is 82.0 Å². The van der Waals surface area contributed by atoms with E-state index in [0.717, 1.165) is 49.7 Å². The normalized spacial score (nSPS) is 23.5. The Kier molecular flexibility index (Phi) is 10.4. The third-order valence-electron chi connectivity index (χ3n) is 12.1. The molecule has 8 rings (SSSR count). The predicted octanol–water partition coefficient (Wildman–Crippen LogP) is 5.36. The minimum Gasteiger partial charge on any atom is -0.386 e. The number of fused-ring (bicyclic) bond motifs is 2. The molecule has 14 nitrogen and oxygen atoms in total. The number of aryl methyl sites for hydroxylation is 1. The molecule has 1 unspecified atom stereocenters. The molecule has 3 amide bonds. The summed E-state index contributed by atoms with van der Waals surface area (Å²) in [5.41, 5.74) is 0.146. The molecule has 1 saturated carbocycles. The predicted molar refractivity (Wildman–Crippen MR) is 207 cm³/mol. The first-order valence-corrected chi connectivity index (χ1v) is 19.8. The number of hydrogen-bond donors (Lipinski definition) is 3. The summed E-state index contributed by atoms with van der Waals surface area (Å²) < 4.78 is 60.5. The fourth-order valence-electron chi connectivity index (χ4n) is 9.14. The number of rotatable bonds is 8. The first-order valence-electron chi connectivity index (χ1n) is 19.8. The minimum atomic E-state index is -4.78. The lowest BCUT2D eigenvalue weighted by atomic mass is 9.80. The topological polar surface area (TPSA) is 169 Å². The Morgan fingerprint density at radius 1 is 1.02 bits per heavy atom. The van der Waals surface area contributed by atoms with E-state index in [2.05, 4.69) is 25.5 Å². The number of imidazole rings is 2. The molecular weight excluding hydrogens is 775 g/mol. The quantitative estimate of drug-likeness (QED) is 0.138. The number of amides is 3. The number of benzene rings is 1. The number of anilines is 1. The molecule has 4 aromatic heterocycles. The Hall–Kier alpha value is -5.49. The third kappa shape index (κ3) is 7.87. The first-order chi connectivity index (χ1) is 28.0. The Balaban J connectivity index is 0.912. The second-order valence-electron chi connectivity index (χ2n) is 16.6. The fraction of sp³-hybridized carbons (Fsp3) is 0.488. The molecule has 3 N–H and O–H groups in total. The van der Waals surface area contributed by atoms with Gasteiger partial charge in [-0.2, -0.15) is 13.2 Å². The third-order valence-corrected chi connectivity index (χ3v) is 12.1. The Bertz CT molecular complexity index is 2510. The highest BCUT2D eigenvalue weighted by atomic mass is 19.4. The van der Waals surface area contributed by atoms with Crippen LogP contribution < -0.4 is 16.3 Å². The lowest BCUT2D eigenvalue weighted by Crippen LogP contribution is -2.44. The number of imide groups is 1. The number of aliphatic hydroxyl groups is 1. The second-order valence-corrected chi connectivity index (χ2v) is 16.6. The van der Waals surface area contributed by atoms with Crippen molar-refractivity contribution in [3.63, 3.8) is 0 Å². The SMILES string of the molecule is Cn1c(=O)n(C2CCC(=O)NC2=O)c2cccc([C@@H]3CCN(CC4CCC(c5cn6cc(NC(=O)c7cncc(C(F)(F)F)n7)c(C(C)(C)O)cc6n5)CC4)C[C@H]3F)c21. The van der Waals surface area contributed by atoms with Gasteiger partial charge in [0, 0.05) is 56.4 Å². The van der Waals surface area contributed by atoms with Crippen LogP contribution >= 0.6 is 0 Å². The molecule has 6 heterocycles. The van der Waals surface area contributed by atoms with Crippen molar-refractivity contribution in [1.29, 1.82) is 0 Å². The molecule has 0 radical (unpaired) electrons. The molecule has 2 aliphatic heterocycles. The van der Waals surface area contributed by atoms with Gasteiger partial charge in [-0.05, 0) is 82.5 Å². The molecular formula is C41H45F4N9O5. The van der Waals surface area contributed by atoms with Gasteiger partial charge >= 0.3 is 11.9 Å². The van der Waals surface area contributed by atoms with E-state index >= 15 is 4.39 Å². The summed E-state index contributed by atoms with van der Waals surface area (Å²) in [5.74, 6) is -1.71. The fourth-order valence-corrected chi connectivity index (χ4v) is 9.14. The van der Waals surface area contributed by atoms with E-state index < -0.39 is 53.1 Å². The van der Waals surface area contributed by atoms with Gasteiger partial charge in [-0.15, -0.1) is 0 Å². The van der Waals surface area contributed by atoms with E-state index in [1.165, 1.54) is 23.0 Å². The van der Waals surface area contributed by atoms with E-state index in [4.69, 9.17) is 4.98 Å². The van der Waals surface area contributed by atoms with Crippen LogP contribution in [0.25, 0.3) is 16.7 Å². The number of pyridine rings is 1. The van der Waals surface area contributed by atoms with Crippen LogP contribution in [0.2, 0.25) is 0 Å². The van der Waals surface area contributed by atoms with Crippen LogP contribution in [0.15, 0.2) is 53.8 Å². The van der Waals surface area contributed by atoms with Crippen LogP contribution in [-0.2, 0) is 28.4 Å². The van der Waals surface area contributed by atoms with Crippen molar-refractivity contribution in [3.05, 3.63) is 87.7 Å². The van der Waals surface area contributed by atoms with Gasteiger partial charge in [0.25, 0.3) is 5.91 Å². The van der Waals surface area contributed by atoms with Gasteiger partial charge in [0.2, 0.25) is 11.8 Å². The van der Waals surface area contributed by atoms with Gasteiger partial charge in [-0.1, -0.05) is 12.1 Å². The molecule has 59 heavy (non-hydrogen) atoms. The van der Waals surface area contributed by atoms with Crippen molar-refractivity contribution in [2.45, 2.75) is 94.6 Å². The van der Waals surface area contributed by atoms with Gasteiger partial charge in [0.15, 0.2) is 5.69 Å². The number of alkyl halides is 4. The largest absolute Gasteiger partial charge is 0.434 e. The number of halogens is 4. The zero-order valence-electron chi connectivity index (χ0n) is 32.8. The van der Waals surface area contributed by atoms with Gasteiger partial charge < -0.3 is 19.7 Å². The number of aromatic nitrogens is 6. The molecule has 18 heteroatoms. The highest BCUT2D eigenvalue weighted by Gasteiger charge is 2.37. The minimum absolute atomic E-state index is 0.135. The number of hydrogen-bond acceptors (Lipinski definition) is 9. The highest BCUT2D eigenvalue weighted by Crippen LogP contribution is 2.40. The maximum atomic E-state index is 16.2. The van der Waals surface area contributed by atoms with Crippen molar-refractivity contribution in [3.8, 4) is 0 Å². The van der Waals surface area contributed by atoms with Crippen LogP contribution in [0.3, 0.4) is 0 Å². The van der Waals surface area contributed by atoms with E-state index in [-0.39, 0.29) is 42.6 Å². The first kappa shape index (κ1) is 40.3. The van der Waals surface area contributed by atoms with Crippen molar-refractivity contribution in [2.75, 3.05) is 25.0 Å². The lowest BCUT2D eigenvalue weighted by molar-refractivity contribution is -0.141. The molecule has 3 fully saturated rings. The van der Waals surface area contributed by atoms with Crippen molar-refractivity contribution < 1.29 is 37.1 Å². The summed E-state index contributed by atoms with van der Waals surface area (Å²) in [6.07, 6.45) is 3.45. The zero-order valence-corrected chi connectivity index (χ0v) is 32.8. The molecule has 5 aromatic rings. The number of nitrogens with zero attached hydrogens (tertiary/aromatic N) is 7. The highest BCUT2D eigenvalue weighted by molar-refractivity contribution is 6.03. The van der Waals surface area contributed by atoms with E-state index in [1.807, 2.05) is 12.3 Å². The molecule has 2 saturated heterocycles. The monoisotopic (exact) mass is 819 g/mol. The summed E-state index contributed by atoms with van der Waals surface area (Å²) in [6, 6.07) is 6.26. The average molecular weight is 820 g/mol. The number of piperidine rings is 2. The Labute approximate surface area is 335 Å². The van der Waals surface area contributed by atoms with Crippen molar-refractivity contribution in [1.82, 2.24) is 38.7 Å². The molecule has 1 aliphatic carbocycles. The summed E-state index contributed by atoms with van der Waals surface area (Å²) in [7, 11) is 1.63. The van der Waals surface area contributed by atoms with E-state index in [9.17, 15) is 37.5 Å². The van der Waals surface area contributed by atoms with Crippen molar-refractivity contribution in [2.24, 2.45) is 13.0 Å². The van der Waals surface area contributed by atoms with Gasteiger partial charge in [0.05, 0.1) is 40.4 Å². The Morgan fingerprint density at radius 3 is 2.47 bits per heavy atom. The summed E-state index contributed by atoms with van der Waals surface area (Å²) in [5, 5.41) is 15.9. The molecule has 3 atom stereocenters. The van der Waals surface area contributed by atoms with Gasteiger partial charge in [-0.25, -0.2) is 19.2 Å². The summed E-state index contributed by atoms with van der Waals surface area (Å²) >= 11 is 0. The van der Waals surface area contributed by atoms with Crippen LogP contribution in [0.4, 0.5) is 23.2 Å². The van der Waals surface area contributed by atoms with E-state index in [0.29, 0.717) is 47.3 Å². The molecule has 0 spiro atoms. The maximum absolute atomic E-state index is 16.2. The Morgan fingerprint density at radius 2 is 1.78 bits per heavy atom. The van der Waals surface area contributed by atoms with Gasteiger partial charge in [-0.3, -0.25) is 33.8 Å². The lowest BCUT2D eigenvalue weighted by Gasteiger charge is -2.38. The standard InChI is InChI=1S/C41H45F4N9O5/c1-40(2,59)26-15-34-48-29(20-53(34)21-30(26)49-37(56)28-16-46-17-33(47-28)41(43,44)45)23-9-7-22(8-10-23)18-52-14-13-24(27(42)19-52)25-5-4-6-31-36(25)51(3)39(58)54(31)32-11-12-35(55)50-38(32)57/h4-6,15-17,20-24,27,32,59H,7-14,18-19H2,1-3H3,(H,49,56)(H,50,55,57)/t22?,23?,24-,27+,32?/m0/s1. The number of carbonyl (C=O) groups is 3. The maximum Gasteiger partial charge on any atom is 0.434 e. The molecule has 3 aliphatic rings. The molecule has 312 valence electrons. The molecule has 1 aromatic carbocycles. The van der Waals surface area contributed by atoms with Gasteiger partial charge in [0.1, 0.15) is 23.6 Å². The van der Waals surface area contributed by atoms with Crippen LogP contribution in [0.1, 0.15) is 110 Å². The number of carbonyl (C=O) groups excluding carboxylic acids is 3. The zero-order chi connectivity index (χ0) is 42.0. The number of likely N-dealkylation sites (tertiary alicyclic amines) is 1. The second kappa shape index (κ2) is 15.3. The molecule has 0 bridgehead atoms. The van der Waals surface area contributed by atoms with Crippen LogP contribution in [0, 0.1) is 5.92 Å².